The van der Waals surface area contributed by atoms with Crippen LogP contribution in [0, 0.1) is 5.92 Å². The third kappa shape index (κ3) is 5.53. The standard InChI is InChI=1S/C14H26O3/c1-10(16-11(2)15)12-6-8-13(9-7-12)17-14(3,4)5/h10,12-13H,6-9H2,1-5H3. The molecule has 0 aromatic heterocycles. The van der Waals surface area contributed by atoms with E-state index in [1.54, 1.807) is 0 Å². The number of hydrogen-bond acceptors (Lipinski definition) is 3. The molecule has 3 nitrogen and oxygen atoms in total. The van der Waals surface area contributed by atoms with Gasteiger partial charge in [0.25, 0.3) is 0 Å². The van der Waals surface area contributed by atoms with E-state index >= 15 is 0 Å². The molecule has 3 heteroatoms. The predicted octanol–water partition coefficient (Wildman–Crippen LogP) is 3.31. The average Bonchev–Trinajstić information content (AvgIpc) is 2.15. The van der Waals surface area contributed by atoms with Gasteiger partial charge >= 0.3 is 5.97 Å². The number of rotatable bonds is 3. The first-order valence-electron chi connectivity index (χ1n) is 6.63. The molecule has 0 N–H and O–H groups in total. The summed E-state index contributed by atoms with van der Waals surface area (Å²) in [7, 11) is 0. The number of esters is 1. The van der Waals surface area contributed by atoms with E-state index in [1.165, 1.54) is 6.92 Å². The second-order valence-corrected chi connectivity index (χ2v) is 6.08. The maximum Gasteiger partial charge on any atom is 0.302 e. The molecule has 0 spiro atoms. The Labute approximate surface area is 105 Å². The third-order valence-corrected chi connectivity index (χ3v) is 3.25. The van der Waals surface area contributed by atoms with Crippen molar-refractivity contribution in [1.82, 2.24) is 0 Å². The van der Waals surface area contributed by atoms with Crippen LogP contribution in [0.3, 0.4) is 0 Å². The van der Waals surface area contributed by atoms with Crippen molar-refractivity contribution in [3.63, 3.8) is 0 Å². The SMILES string of the molecule is CC(=O)OC(C)C1CCC(OC(C)(C)C)CC1. The first kappa shape index (κ1) is 14.5. The summed E-state index contributed by atoms with van der Waals surface area (Å²) in [5.41, 5.74) is -0.0565. The summed E-state index contributed by atoms with van der Waals surface area (Å²) in [5, 5.41) is 0. The fraction of sp³-hybridized carbons (Fsp3) is 0.929. The zero-order valence-corrected chi connectivity index (χ0v) is 11.8. The predicted molar refractivity (Wildman–Crippen MR) is 67.8 cm³/mol. The van der Waals surface area contributed by atoms with Crippen LogP contribution in [0.4, 0.5) is 0 Å². The minimum absolute atomic E-state index is 0.0445. The molecule has 1 rings (SSSR count). The summed E-state index contributed by atoms with van der Waals surface area (Å²) in [5.74, 6) is 0.323. The highest BCUT2D eigenvalue weighted by atomic mass is 16.5. The van der Waals surface area contributed by atoms with Gasteiger partial charge in [-0.2, -0.15) is 0 Å². The van der Waals surface area contributed by atoms with E-state index < -0.39 is 0 Å². The molecule has 0 bridgehead atoms. The molecule has 0 heterocycles. The monoisotopic (exact) mass is 242 g/mol. The van der Waals surface area contributed by atoms with Gasteiger partial charge in [0.15, 0.2) is 0 Å². The van der Waals surface area contributed by atoms with Gasteiger partial charge in [0, 0.05) is 6.92 Å². The highest BCUT2D eigenvalue weighted by molar-refractivity contribution is 5.66. The zero-order chi connectivity index (χ0) is 13.1. The maximum absolute atomic E-state index is 10.9. The van der Waals surface area contributed by atoms with Crippen molar-refractivity contribution >= 4 is 5.97 Å². The third-order valence-electron chi connectivity index (χ3n) is 3.25. The highest BCUT2D eigenvalue weighted by Gasteiger charge is 2.29. The van der Waals surface area contributed by atoms with Crippen LogP contribution in [-0.4, -0.2) is 23.8 Å². The van der Waals surface area contributed by atoms with E-state index in [4.69, 9.17) is 9.47 Å². The molecule has 100 valence electrons. The maximum atomic E-state index is 10.9. The molecule has 0 aromatic carbocycles. The lowest BCUT2D eigenvalue weighted by Gasteiger charge is -2.35. The lowest BCUT2D eigenvalue weighted by atomic mass is 9.84. The Morgan fingerprint density at radius 2 is 1.71 bits per heavy atom. The fourth-order valence-corrected chi connectivity index (χ4v) is 2.53. The Hall–Kier alpha value is -0.570. The van der Waals surface area contributed by atoms with Gasteiger partial charge in [0.1, 0.15) is 6.10 Å². The average molecular weight is 242 g/mol. The van der Waals surface area contributed by atoms with E-state index in [1.807, 2.05) is 6.92 Å². The minimum atomic E-state index is -0.175. The van der Waals surface area contributed by atoms with Crippen LogP contribution in [0.5, 0.6) is 0 Å². The normalized spacial score (nSPS) is 27.6. The summed E-state index contributed by atoms with van der Waals surface area (Å²) in [6, 6.07) is 0. The molecule has 1 aliphatic rings. The van der Waals surface area contributed by atoms with Crippen LogP contribution in [0.2, 0.25) is 0 Å². The highest BCUT2D eigenvalue weighted by Crippen LogP contribution is 2.31. The molecule has 1 unspecified atom stereocenters. The van der Waals surface area contributed by atoms with Crippen LogP contribution >= 0.6 is 0 Å². The first-order valence-corrected chi connectivity index (χ1v) is 6.63. The number of carbonyl (C=O) groups is 1. The second-order valence-electron chi connectivity index (χ2n) is 6.08. The van der Waals surface area contributed by atoms with E-state index in [-0.39, 0.29) is 17.7 Å². The van der Waals surface area contributed by atoms with E-state index in [2.05, 4.69) is 20.8 Å². The number of ether oxygens (including phenoxy) is 2. The molecular weight excluding hydrogens is 216 g/mol. The van der Waals surface area contributed by atoms with Crippen molar-refractivity contribution in [1.29, 1.82) is 0 Å². The Balaban J connectivity index is 2.33. The second kappa shape index (κ2) is 5.85. The summed E-state index contributed by atoms with van der Waals surface area (Å²) in [6.07, 6.45) is 4.75. The topological polar surface area (TPSA) is 35.5 Å². The summed E-state index contributed by atoms with van der Waals surface area (Å²) < 4.78 is 11.2. The summed E-state index contributed by atoms with van der Waals surface area (Å²) in [6.45, 7) is 9.77. The van der Waals surface area contributed by atoms with Crippen molar-refractivity contribution in [2.45, 2.75) is 78.1 Å². The molecule has 1 aliphatic carbocycles. The molecule has 0 amide bonds. The lowest BCUT2D eigenvalue weighted by molar-refractivity contribution is -0.149. The van der Waals surface area contributed by atoms with E-state index in [0.29, 0.717) is 12.0 Å². The smallest absolute Gasteiger partial charge is 0.302 e. The minimum Gasteiger partial charge on any atom is -0.463 e. The van der Waals surface area contributed by atoms with E-state index in [9.17, 15) is 4.79 Å². The Bertz CT molecular complexity index is 247. The van der Waals surface area contributed by atoms with Crippen molar-refractivity contribution < 1.29 is 14.3 Å². The Kier molecular flexibility index (Phi) is 4.99. The van der Waals surface area contributed by atoms with Crippen molar-refractivity contribution in [2.24, 2.45) is 5.92 Å². The van der Waals surface area contributed by atoms with Gasteiger partial charge in [-0.15, -0.1) is 0 Å². The lowest BCUT2D eigenvalue weighted by Crippen LogP contribution is -2.34. The van der Waals surface area contributed by atoms with E-state index in [0.717, 1.165) is 25.7 Å². The molecule has 1 fully saturated rings. The zero-order valence-electron chi connectivity index (χ0n) is 11.8. The fourth-order valence-electron chi connectivity index (χ4n) is 2.53. The van der Waals surface area contributed by atoms with Crippen molar-refractivity contribution in [3.05, 3.63) is 0 Å². The van der Waals surface area contributed by atoms with Gasteiger partial charge in [-0.3, -0.25) is 4.79 Å². The molecule has 17 heavy (non-hydrogen) atoms. The molecule has 0 radical (unpaired) electrons. The Morgan fingerprint density at radius 3 is 2.12 bits per heavy atom. The largest absolute Gasteiger partial charge is 0.463 e. The summed E-state index contributed by atoms with van der Waals surface area (Å²) >= 11 is 0. The molecule has 0 saturated heterocycles. The van der Waals surface area contributed by atoms with Crippen LogP contribution in [0.1, 0.15) is 60.3 Å². The van der Waals surface area contributed by atoms with Crippen LogP contribution < -0.4 is 0 Å². The van der Waals surface area contributed by atoms with Gasteiger partial charge in [-0.05, 0) is 59.3 Å². The van der Waals surface area contributed by atoms with Gasteiger partial charge < -0.3 is 9.47 Å². The molecule has 0 aromatic rings. The first-order chi connectivity index (χ1) is 7.78. The van der Waals surface area contributed by atoms with Crippen molar-refractivity contribution in [3.8, 4) is 0 Å². The molecule has 1 atom stereocenters. The van der Waals surface area contributed by atoms with Crippen LogP contribution in [0.15, 0.2) is 0 Å². The van der Waals surface area contributed by atoms with Gasteiger partial charge in [-0.25, -0.2) is 0 Å². The summed E-state index contributed by atoms with van der Waals surface area (Å²) in [4.78, 5) is 10.9. The quantitative estimate of drug-likeness (QED) is 0.712. The molecule has 1 saturated carbocycles. The molecule has 0 aliphatic heterocycles. The molecular formula is C14H26O3. The number of carbonyl (C=O) groups excluding carboxylic acids is 1. The Morgan fingerprint density at radius 1 is 1.18 bits per heavy atom. The van der Waals surface area contributed by atoms with Crippen molar-refractivity contribution in [2.75, 3.05) is 0 Å². The van der Waals surface area contributed by atoms with Crippen LogP contribution in [-0.2, 0) is 14.3 Å². The number of hydrogen-bond donors (Lipinski definition) is 0. The van der Waals surface area contributed by atoms with Gasteiger partial charge in [0.05, 0.1) is 11.7 Å². The van der Waals surface area contributed by atoms with Gasteiger partial charge in [0.2, 0.25) is 0 Å². The van der Waals surface area contributed by atoms with Gasteiger partial charge in [-0.1, -0.05) is 0 Å². The van der Waals surface area contributed by atoms with Crippen LogP contribution in [0.25, 0.3) is 0 Å².